The Morgan fingerprint density at radius 3 is 1.35 bits per heavy atom. The van der Waals surface area contributed by atoms with Gasteiger partial charge in [0.1, 0.15) is 0 Å². The Labute approximate surface area is 128 Å². The van der Waals surface area contributed by atoms with E-state index in [2.05, 4.69) is 41.5 Å². The molecule has 0 aliphatic rings. The van der Waals surface area contributed by atoms with Crippen molar-refractivity contribution in [3.05, 3.63) is 0 Å². The van der Waals surface area contributed by atoms with E-state index in [1.54, 1.807) is 0 Å². The molecule has 0 atom stereocenters. The summed E-state index contributed by atoms with van der Waals surface area (Å²) in [6.07, 6.45) is 13.9. The second-order valence-electron chi connectivity index (χ2n) is 8.45. The van der Waals surface area contributed by atoms with Gasteiger partial charge in [-0.3, -0.25) is 0 Å². The predicted molar refractivity (Wildman–Crippen MR) is 91.3 cm³/mol. The first kappa shape index (κ1) is 20.0. The van der Waals surface area contributed by atoms with Crippen LogP contribution >= 0.6 is 0 Å². The number of hydrogen-bond donors (Lipinski definition) is 0. The summed E-state index contributed by atoms with van der Waals surface area (Å²) >= 11 is 0. The van der Waals surface area contributed by atoms with Crippen molar-refractivity contribution in [3.8, 4) is 0 Å². The van der Waals surface area contributed by atoms with Gasteiger partial charge in [-0.1, -0.05) is 72.1 Å². The molecule has 0 unspecified atom stereocenters. The van der Waals surface area contributed by atoms with Crippen LogP contribution in [0.4, 0.5) is 0 Å². The first-order valence-electron chi connectivity index (χ1n) is 8.85. The highest BCUT2D eigenvalue weighted by atomic mass is 16.5. The van der Waals surface area contributed by atoms with Crippen LogP contribution in [-0.4, -0.2) is 12.2 Å². The molecule has 0 fully saturated rings. The van der Waals surface area contributed by atoms with Crippen molar-refractivity contribution in [2.75, 3.05) is 6.61 Å². The maximum absolute atomic E-state index is 5.73. The third kappa shape index (κ3) is 18.0. The average Bonchev–Trinajstić information content (AvgIpc) is 2.27. The van der Waals surface area contributed by atoms with Crippen LogP contribution in [0, 0.1) is 5.41 Å². The fraction of sp³-hybridized carbons (Fsp3) is 1.00. The molecule has 0 saturated carbocycles. The minimum atomic E-state index is 0.0348. The fourth-order valence-corrected chi connectivity index (χ4v) is 2.37. The fourth-order valence-electron chi connectivity index (χ4n) is 2.37. The van der Waals surface area contributed by atoms with E-state index in [1.807, 2.05) is 0 Å². The van der Waals surface area contributed by atoms with Crippen LogP contribution < -0.4 is 0 Å². The summed E-state index contributed by atoms with van der Waals surface area (Å²) in [7, 11) is 0. The molecule has 0 aromatic heterocycles. The second kappa shape index (κ2) is 10.7. The molecule has 0 N–H and O–H groups in total. The number of unbranched alkanes of at least 4 members (excludes halogenated alkanes) is 8. The standard InChI is InChI=1S/C19H40O/c1-18(2,3)16-14-12-10-8-7-9-11-13-15-17-20-19(4,5)6/h7-17H2,1-6H3. The molecule has 0 heterocycles. The van der Waals surface area contributed by atoms with E-state index in [-0.39, 0.29) is 5.60 Å². The molecule has 0 aromatic carbocycles. The lowest BCUT2D eigenvalue weighted by Crippen LogP contribution is -2.19. The van der Waals surface area contributed by atoms with Crippen molar-refractivity contribution in [2.24, 2.45) is 5.41 Å². The summed E-state index contributed by atoms with van der Waals surface area (Å²) in [4.78, 5) is 0. The highest BCUT2D eigenvalue weighted by molar-refractivity contribution is 4.61. The molecular formula is C19H40O. The summed E-state index contributed by atoms with van der Waals surface area (Å²) in [6, 6.07) is 0. The third-order valence-corrected chi connectivity index (χ3v) is 3.61. The summed E-state index contributed by atoms with van der Waals surface area (Å²) < 4.78 is 5.73. The first-order valence-corrected chi connectivity index (χ1v) is 8.85. The van der Waals surface area contributed by atoms with E-state index in [1.165, 1.54) is 64.2 Å². The van der Waals surface area contributed by atoms with Gasteiger partial charge in [0.2, 0.25) is 0 Å². The van der Waals surface area contributed by atoms with Crippen LogP contribution in [0.1, 0.15) is 106 Å². The molecule has 0 aromatic rings. The van der Waals surface area contributed by atoms with E-state index in [9.17, 15) is 0 Å². The highest BCUT2D eigenvalue weighted by Crippen LogP contribution is 2.22. The van der Waals surface area contributed by atoms with E-state index in [4.69, 9.17) is 4.74 Å². The van der Waals surface area contributed by atoms with Gasteiger partial charge in [-0.15, -0.1) is 0 Å². The van der Waals surface area contributed by atoms with E-state index in [0.29, 0.717) is 5.41 Å². The Bertz CT molecular complexity index is 183. The van der Waals surface area contributed by atoms with Crippen molar-refractivity contribution in [3.63, 3.8) is 0 Å². The largest absolute Gasteiger partial charge is 0.376 e. The molecule has 0 aliphatic heterocycles. The van der Waals surface area contributed by atoms with E-state index < -0.39 is 0 Å². The van der Waals surface area contributed by atoms with Crippen molar-refractivity contribution in [2.45, 2.75) is 111 Å². The van der Waals surface area contributed by atoms with E-state index >= 15 is 0 Å². The number of rotatable bonds is 11. The van der Waals surface area contributed by atoms with E-state index in [0.717, 1.165) is 6.61 Å². The molecule has 0 saturated heterocycles. The monoisotopic (exact) mass is 284 g/mol. The zero-order chi connectivity index (χ0) is 15.5. The Morgan fingerprint density at radius 2 is 0.950 bits per heavy atom. The molecule has 20 heavy (non-hydrogen) atoms. The predicted octanol–water partition coefficient (Wildman–Crippen LogP) is 6.75. The van der Waals surface area contributed by atoms with Gasteiger partial charge in [-0.25, -0.2) is 0 Å². The Balaban J connectivity index is 3.10. The molecule has 0 radical (unpaired) electrons. The lowest BCUT2D eigenvalue weighted by Gasteiger charge is -2.19. The topological polar surface area (TPSA) is 9.23 Å². The molecule has 0 bridgehead atoms. The van der Waals surface area contributed by atoms with Gasteiger partial charge in [0, 0.05) is 6.61 Å². The molecule has 1 heteroatoms. The summed E-state index contributed by atoms with van der Waals surface area (Å²) in [5.74, 6) is 0. The number of hydrogen-bond acceptors (Lipinski definition) is 1. The molecule has 0 spiro atoms. The van der Waals surface area contributed by atoms with Crippen molar-refractivity contribution in [1.29, 1.82) is 0 Å². The van der Waals surface area contributed by atoms with Crippen molar-refractivity contribution >= 4 is 0 Å². The van der Waals surface area contributed by atoms with Crippen LogP contribution in [0.2, 0.25) is 0 Å². The minimum absolute atomic E-state index is 0.0348. The molecule has 122 valence electrons. The summed E-state index contributed by atoms with van der Waals surface area (Å²) in [6.45, 7) is 14.4. The lowest BCUT2D eigenvalue weighted by molar-refractivity contribution is -0.00475. The zero-order valence-corrected chi connectivity index (χ0v) is 15.2. The summed E-state index contributed by atoms with van der Waals surface area (Å²) in [5, 5.41) is 0. The molecule has 0 rings (SSSR count). The first-order chi connectivity index (χ1) is 9.21. The maximum atomic E-state index is 5.73. The van der Waals surface area contributed by atoms with Gasteiger partial charge in [0.05, 0.1) is 5.60 Å². The lowest BCUT2D eigenvalue weighted by atomic mass is 9.89. The highest BCUT2D eigenvalue weighted by Gasteiger charge is 2.09. The van der Waals surface area contributed by atoms with Crippen molar-refractivity contribution in [1.82, 2.24) is 0 Å². The minimum Gasteiger partial charge on any atom is -0.376 e. The van der Waals surface area contributed by atoms with Gasteiger partial charge in [0.15, 0.2) is 0 Å². The molecule has 0 amide bonds. The molecule has 1 nitrogen and oxygen atoms in total. The summed E-state index contributed by atoms with van der Waals surface area (Å²) in [5.41, 5.74) is 0.558. The van der Waals surface area contributed by atoms with Crippen LogP contribution in [0.3, 0.4) is 0 Å². The van der Waals surface area contributed by atoms with Crippen LogP contribution in [0.15, 0.2) is 0 Å². The van der Waals surface area contributed by atoms with Gasteiger partial charge in [0.25, 0.3) is 0 Å². The van der Waals surface area contributed by atoms with Gasteiger partial charge < -0.3 is 4.74 Å². The van der Waals surface area contributed by atoms with Crippen molar-refractivity contribution < 1.29 is 4.74 Å². The van der Waals surface area contributed by atoms with Gasteiger partial charge >= 0.3 is 0 Å². The average molecular weight is 285 g/mol. The number of ether oxygens (including phenoxy) is 1. The zero-order valence-electron chi connectivity index (χ0n) is 15.2. The van der Waals surface area contributed by atoms with Crippen LogP contribution in [-0.2, 0) is 4.74 Å². The Hall–Kier alpha value is -0.0400. The maximum Gasteiger partial charge on any atom is 0.0598 e. The second-order valence-corrected chi connectivity index (χ2v) is 8.45. The quantitative estimate of drug-likeness (QED) is 0.381. The molecular weight excluding hydrogens is 244 g/mol. The smallest absolute Gasteiger partial charge is 0.0598 e. The van der Waals surface area contributed by atoms with Crippen LogP contribution in [0.25, 0.3) is 0 Å². The normalized spacial score (nSPS) is 12.9. The van der Waals surface area contributed by atoms with Gasteiger partial charge in [-0.05, 0) is 39.0 Å². The third-order valence-electron chi connectivity index (χ3n) is 3.61. The SMILES string of the molecule is CC(C)(C)CCCCCCCCCCCOC(C)(C)C. The Morgan fingerprint density at radius 1 is 0.550 bits per heavy atom. The molecule has 0 aliphatic carbocycles. The Kier molecular flexibility index (Phi) is 10.6. The van der Waals surface area contributed by atoms with Crippen LogP contribution in [0.5, 0.6) is 0 Å². The van der Waals surface area contributed by atoms with Gasteiger partial charge in [-0.2, -0.15) is 0 Å².